The van der Waals surface area contributed by atoms with Gasteiger partial charge in [-0.15, -0.1) is 0 Å². The summed E-state index contributed by atoms with van der Waals surface area (Å²) in [5.41, 5.74) is 3.38. The quantitative estimate of drug-likeness (QED) is 0.473. The van der Waals surface area contributed by atoms with Crippen molar-refractivity contribution in [1.29, 1.82) is 0 Å². The molecule has 0 radical (unpaired) electrons. The van der Waals surface area contributed by atoms with Gasteiger partial charge in [0.05, 0.1) is 11.1 Å². The molecule has 0 saturated heterocycles. The fourth-order valence-electron chi connectivity index (χ4n) is 3.48. The summed E-state index contributed by atoms with van der Waals surface area (Å²) in [7, 11) is 2.06. The Hall–Kier alpha value is -2.79. The predicted molar refractivity (Wildman–Crippen MR) is 115 cm³/mol. The summed E-state index contributed by atoms with van der Waals surface area (Å²) in [4.78, 5) is 13.4. The Morgan fingerprint density at radius 2 is 1.93 bits per heavy atom. The Balaban J connectivity index is 1.68. The number of hydrogen-bond donors (Lipinski definition) is 0. The molecule has 0 bridgehead atoms. The highest BCUT2D eigenvalue weighted by molar-refractivity contribution is 8.13. The third-order valence-electron chi connectivity index (χ3n) is 4.82. The number of rotatable bonds is 5. The fourth-order valence-corrected chi connectivity index (χ4v) is 4.04. The number of aromatic nitrogens is 1. The molecule has 142 valence electrons. The van der Waals surface area contributed by atoms with Crippen LogP contribution in [0.2, 0.25) is 0 Å². The number of ether oxygens (including phenoxy) is 1. The topological polar surface area (TPSA) is 33.4 Å². The van der Waals surface area contributed by atoms with Gasteiger partial charge in [-0.05, 0) is 30.2 Å². The lowest BCUT2D eigenvalue weighted by Gasteiger charge is -2.18. The Morgan fingerprint density at radius 1 is 1.14 bits per heavy atom. The molecule has 5 heteroatoms. The highest BCUT2D eigenvalue weighted by atomic mass is 32.2. The van der Waals surface area contributed by atoms with Crippen molar-refractivity contribution >= 4 is 39.5 Å². The van der Waals surface area contributed by atoms with E-state index in [9.17, 15) is 4.79 Å². The average Bonchev–Trinajstić information content (AvgIpc) is 3.05. The molecule has 2 aromatic carbocycles. The van der Waals surface area contributed by atoms with Gasteiger partial charge in [0.1, 0.15) is 7.05 Å². The van der Waals surface area contributed by atoms with Crippen LogP contribution in [0.5, 0.6) is 5.75 Å². The van der Waals surface area contributed by atoms with Crippen molar-refractivity contribution in [2.45, 2.75) is 13.3 Å². The zero-order valence-electron chi connectivity index (χ0n) is 16.1. The molecule has 0 aliphatic carbocycles. The number of anilines is 1. The first-order valence-corrected chi connectivity index (χ1v) is 10.4. The summed E-state index contributed by atoms with van der Waals surface area (Å²) < 4.78 is 8.31. The first-order chi connectivity index (χ1) is 13.6. The van der Waals surface area contributed by atoms with Crippen molar-refractivity contribution in [1.82, 2.24) is 0 Å². The Bertz CT molecular complexity index is 1060. The van der Waals surface area contributed by atoms with Crippen LogP contribution in [-0.2, 0) is 11.8 Å². The van der Waals surface area contributed by atoms with E-state index < -0.39 is 0 Å². The van der Waals surface area contributed by atoms with Gasteiger partial charge in [-0.3, -0.25) is 4.79 Å². The molecule has 0 fully saturated rings. The summed E-state index contributed by atoms with van der Waals surface area (Å²) >= 11 is 1.38. The number of para-hydroxylation sites is 3. The van der Waals surface area contributed by atoms with Crippen LogP contribution in [0.15, 0.2) is 66.7 Å². The number of fused-ring (bicyclic) bond motifs is 2. The van der Waals surface area contributed by atoms with Crippen LogP contribution < -0.4 is 14.2 Å². The van der Waals surface area contributed by atoms with Crippen LogP contribution in [0.25, 0.3) is 17.0 Å². The maximum absolute atomic E-state index is 11.2. The van der Waals surface area contributed by atoms with E-state index in [1.807, 2.05) is 18.2 Å². The number of pyridine rings is 1. The van der Waals surface area contributed by atoms with Crippen molar-refractivity contribution in [2.24, 2.45) is 7.05 Å². The first-order valence-electron chi connectivity index (χ1n) is 9.40. The Morgan fingerprint density at radius 3 is 2.79 bits per heavy atom. The second-order valence-corrected chi connectivity index (χ2v) is 8.07. The molecule has 0 atom stereocenters. The second kappa shape index (κ2) is 8.07. The average molecular weight is 392 g/mol. The van der Waals surface area contributed by atoms with Gasteiger partial charge in [0, 0.05) is 37.4 Å². The summed E-state index contributed by atoms with van der Waals surface area (Å²) in [6.45, 7) is 2.42. The molecule has 0 N–H and O–H groups in total. The van der Waals surface area contributed by atoms with Gasteiger partial charge < -0.3 is 9.64 Å². The molecule has 1 aliphatic rings. The maximum Gasteiger partial charge on any atom is 0.212 e. The zero-order valence-corrected chi connectivity index (χ0v) is 16.9. The van der Waals surface area contributed by atoms with Crippen molar-refractivity contribution < 1.29 is 14.1 Å². The van der Waals surface area contributed by atoms with Gasteiger partial charge in [-0.1, -0.05) is 36.0 Å². The number of aryl methyl sites for hydroxylation is 1. The lowest BCUT2D eigenvalue weighted by Crippen LogP contribution is -2.28. The molecule has 28 heavy (non-hydrogen) atoms. The molecule has 4 nitrogen and oxygen atoms in total. The summed E-state index contributed by atoms with van der Waals surface area (Å²) in [6, 6.07) is 18.6. The number of nitrogens with zero attached hydrogens (tertiary/aromatic N) is 2. The van der Waals surface area contributed by atoms with Gasteiger partial charge in [0.2, 0.25) is 11.4 Å². The van der Waals surface area contributed by atoms with E-state index in [4.69, 9.17) is 4.74 Å². The highest BCUT2D eigenvalue weighted by Gasteiger charge is 2.26. The highest BCUT2D eigenvalue weighted by Crippen LogP contribution is 2.39. The van der Waals surface area contributed by atoms with Crippen LogP contribution in [-0.4, -0.2) is 17.4 Å². The zero-order chi connectivity index (χ0) is 19.5. The van der Waals surface area contributed by atoms with Crippen LogP contribution in [0, 0.1) is 0 Å². The summed E-state index contributed by atoms with van der Waals surface area (Å²) in [6.07, 6.45) is 5.09. The van der Waals surface area contributed by atoms with Crippen LogP contribution in [0.3, 0.4) is 0 Å². The monoisotopic (exact) mass is 391 g/mol. The minimum absolute atomic E-state index is 0.164. The molecule has 3 aromatic rings. The normalized spacial score (nSPS) is 14.4. The first kappa shape index (κ1) is 18.6. The van der Waals surface area contributed by atoms with Crippen LogP contribution >= 0.6 is 11.8 Å². The van der Waals surface area contributed by atoms with E-state index in [1.54, 1.807) is 6.92 Å². The fraction of sp³-hybridized carbons (Fsp3) is 0.217. The van der Waals surface area contributed by atoms with Gasteiger partial charge >= 0.3 is 0 Å². The van der Waals surface area contributed by atoms with Crippen molar-refractivity contribution in [3.8, 4) is 5.75 Å². The minimum atomic E-state index is 0.164. The van der Waals surface area contributed by atoms with Crippen molar-refractivity contribution in [2.75, 3.05) is 17.2 Å². The van der Waals surface area contributed by atoms with E-state index in [1.165, 1.54) is 22.7 Å². The molecule has 4 rings (SSSR count). The van der Waals surface area contributed by atoms with Crippen molar-refractivity contribution in [3.05, 3.63) is 72.2 Å². The molecular formula is C23H23N2O2S+. The maximum atomic E-state index is 11.2. The summed E-state index contributed by atoms with van der Waals surface area (Å²) in [5.74, 6) is 2.51. The molecule has 0 amide bonds. The SMILES string of the molecule is CC(=O)SCCCN1/C(=C/c2cc[n+](C)c3ccccc23)Oc2ccccc21. The lowest BCUT2D eigenvalue weighted by molar-refractivity contribution is -0.644. The summed E-state index contributed by atoms with van der Waals surface area (Å²) in [5, 5.41) is 1.35. The standard InChI is InChI=1S/C23H23N2O2S/c1-17(26)28-15-7-13-25-21-10-5-6-11-22(21)27-23(25)16-18-12-14-24(2)20-9-4-3-8-19(18)20/h3-6,8-12,14,16H,7,13,15H2,1-2H3/q+1. The van der Waals surface area contributed by atoms with E-state index in [0.29, 0.717) is 0 Å². The molecule has 2 heterocycles. The van der Waals surface area contributed by atoms with Gasteiger partial charge in [-0.2, -0.15) is 0 Å². The van der Waals surface area contributed by atoms with Gasteiger partial charge in [0.15, 0.2) is 17.1 Å². The van der Waals surface area contributed by atoms with Crippen LogP contribution in [0.1, 0.15) is 18.9 Å². The predicted octanol–water partition coefficient (Wildman–Crippen LogP) is 4.53. The smallest absolute Gasteiger partial charge is 0.212 e. The van der Waals surface area contributed by atoms with Crippen LogP contribution in [0.4, 0.5) is 5.69 Å². The molecule has 0 saturated carbocycles. The number of carbonyl (C=O) groups excluding carboxylic acids is 1. The Labute approximate surface area is 169 Å². The lowest BCUT2D eigenvalue weighted by atomic mass is 10.1. The third-order valence-corrected chi connectivity index (χ3v) is 5.72. The minimum Gasteiger partial charge on any atom is -0.439 e. The van der Waals surface area contributed by atoms with E-state index >= 15 is 0 Å². The van der Waals surface area contributed by atoms with E-state index in [2.05, 4.69) is 65.2 Å². The number of hydrogen-bond acceptors (Lipinski definition) is 4. The van der Waals surface area contributed by atoms with E-state index in [0.717, 1.165) is 41.6 Å². The van der Waals surface area contributed by atoms with E-state index in [-0.39, 0.29) is 5.12 Å². The largest absolute Gasteiger partial charge is 0.439 e. The number of thioether (sulfide) groups is 1. The molecule has 0 unspecified atom stereocenters. The molecule has 1 aromatic heterocycles. The third kappa shape index (κ3) is 3.76. The molecule has 1 aliphatic heterocycles. The number of benzene rings is 2. The van der Waals surface area contributed by atoms with Gasteiger partial charge in [-0.25, -0.2) is 4.57 Å². The van der Waals surface area contributed by atoms with Crippen molar-refractivity contribution in [3.63, 3.8) is 0 Å². The van der Waals surface area contributed by atoms with Gasteiger partial charge in [0.25, 0.3) is 0 Å². The second-order valence-electron chi connectivity index (χ2n) is 6.80. The number of carbonyl (C=O) groups is 1. The molecular weight excluding hydrogens is 368 g/mol. The Kier molecular flexibility index (Phi) is 5.35. The molecule has 0 spiro atoms.